The fourth-order valence-corrected chi connectivity index (χ4v) is 1.30. The maximum Gasteiger partial charge on any atom is -0.0104 e. The molecule has 0 unspecified atom stereocenters. The molecule has 0 rings (SSSR count). The van der Waals surface area contributed by atoms with Crippen molar-refractivity contribution in [3.63, 3.8) is 0 Å². The summed E-state index contributed by atoms with van der Waals surface area (Å²) < 4.78 is 0. The topological polar surface area (TPSA) is 0 Å². The number of hydrogen-bond acceptors (Lipinski definition) is 0. The maximum atomic E-state index is 3.86. The fraction of sp³-hybridized carbons (Fsp3) is 0.571. The van der Waals surface area contributed by atoms with Crippen molar-refractivity contribution >= 4 is 0 Å². The Morgan fingerprint density at radius 2 is 1.79 bits per heavy atom. The Kier molecular flexibility index (Phi) is 9.73. The van der Waals surface area contributed by atoms with Gasteiger partial charge in [0.1, 0.15) is 0 Å². The maximum absolute atomic E-state index is 3.86. The van der Waals surface area contributed by atoms with E-state index in [9.17, 15) is 0 Å². The predicted molar refractivity (Wildman–Crippen MR) is 66.5 cm³/mol. The summed E-state index contributed by atoms with van der Waals surface area (Å²) in [7, 11) is 0. The summed E-state index contributed by atoms with van der Waals surface area (Å²) in [6, 6.07) is 0. The summed E-state index contributed by atoms with van der Waals surface area (Å²) in [5.74, 6) is 0. The Bertz CT molecular complexity index is 174. The van der Waals surface area contributed by atoms with Gasteiger partial charge in [-0.3, -0.25) is 0 Å². The molecule has 0 aliphatic heterocycles. The highest BCUT2D eigenvalue weighted by atomic mass is 13.9. The van der Waals surface area contributed by atoms with E-state index in [0.29, 0.717) is 0 Å². The van der Waals surface area contributed by atoms with E-state index in [1.165, 1.54) is 38.5 Å². The highest BCUT2D eigenvalue weighted by Crippen LogP contribution is 2.06. The predicted octanol–water partition coefficient (Wildman–Crippen LogP) is 5.04. The molecule has 0 bridgehead atoms. The van der Waals surface area contributed by atoms with Crippen LogP contribution in [-0.2, 0) is 0 Å². The lowest BCUT2D eigenvalue weighted by molar-refractivity contribution is 0.637. The quantitative estimate of drug-likeness (QED) is 0.273. The van der Waals surface area contributed by atoms with Crippen molar-refractivity contribution in [3.8, 4) is 0 Å². The Morgan fingerprint density at radius 3 is 2.43 bits per heavy atom. The van der Waals surface area contributed by atoms with Gasteiger partial charge < -0.3 is 0 Å². The Labute approximate surface area is 89.4 Å². The van der Waals surface area contributed by atoms with Gasteiger partial charge in [-0.2, -0.15) is 0 Å². The van der Waals surface area contributed by atoms with E-state index in [0.717, 1.165) is 12.0 Å². The molecule has 0 heteroatoms. The summed E-state index contributed by atoms with van der Waals surface area (Å²) in [4.78, 5) is 0. The zero-order valence-corrected chi connectivity index (χ0v) is 9.60. The van der Waals surface area contributed by atoms with Gasteiger partial charge in [-0.15, -0.1) is 0 Å². The molecule has 0 fully saturated rings. The molecule has 0 radical (unpaired) electrons. The van der Waals surface area contributed by atoms with Crippen molar-refractivity contribution in [1.82, 2.24) is 0 Å². The highest BCUT2D eigenvalue weighted by Gasteiger charge is 1.86. The second-order valence-electron chi connectivity index (χ2n) is 3.74. The molecule has 0 spiro atoms. The summed E-state index contributed by atoms with van der Waals surface area (Å²) in [6.07, 6.45) is 15.3. The summed E-state index contributed by atoms with van der Waals surface area (Å²) in [6.45, 7) is 9.79. The number of unbranched alkanes of at least 4 members (excludes halogenated alkanes) is 5. The van der Waals surface area contributed by atoms with Gasteiger partial charge >= 0.3 is 0 Å². The minimum atomic E-state index is 0.957. The van der Waals surface area contributed by atoms with Crippen molar-refractivity contribution < 1.29 is 0 Å². The number of allylic oxidation sites excluding steroid dienone is 4. The number of hydrogen-bond donors (Lipinski definition) is 0. The number of rotatable bonds is 9. The van der Waals surface area contributed by atoms with Gasteiger partial charge in [-0.25, -0.2) is 0 Å². The molecule has 80 valence electrons. The van der Waals surface area contributed by atoms with Crippen molar-refractivity contribution in [2.24, 2.45) is 0 Å². The summed E-state index contributed by atoms with van der Waals surface area (Å²) in [5, 5.41) is 0. The van der Waals surface area contributed by atoms with Crippen molar-refractivity contribution in [3.05, 3.63) is 37.0 Å². The molecule has 0 saturated carbocycles. The molecule has 0 N–H and O–H groups in total. The minimum absolute atomic E-state index is 0.957. The third-order valence-electron chi connectivity index (χ3n) is 2.31. The van der Waals surface area contributed by atoms with E-state index in [-0.39, 0.29) is 0 Å². The van der Waals surface area contributed by atoms with Gasteiger partial charge in [0.2, 0.25) is 0 Å². The SMILES string of the molecule is C=CC(=C)CC=CCCCCCCC. The second-order valence-corrected chi connectivity index (χ2v) is 3.74. The van der Waals surface area contributed by atoms with Crippen LogP contribution in [0.25, 0.3) is 0 Å². The molecule has 0 aromatic heterocycles. The Morgan fingerprint density at radius 1 is 1.07 bits per heavy atom. The molecular weight excluding hydrogens is 168 g/mol. The van der Waals surface area contributed by atoms with Crippen LogP contribution in [0.5, 0.6) is 0 Å². The van der Waals surface area contributed by atoms with Gasteiger partial charge in [0.25, 0.3) is 0 Å². The van der Waals surface area contributed by atoms with E-state index in [2.05, 4.69) is 32.2 Å². The van der Waals surface area contributed by atoms with E-state index in [1.54, 1.807) is 0 Å². The first-order valence-corrected chi connectivity index (χ1v) is 5.76. The highest BCUT2D eigenvalue weighted by molar-refractivity contribution is 5.14. The van der Waals surface area contributed by atoms with Crippen LogP contribution in [-0.4, -0.2) is 0 Å². The van der Waals surface area contributed by atoms with E-state index < -0.39 is 0 Å². The van der Waals surface area contributed by atoms with Gasteiger partial charge in [0, 0.05) is 0 Å². The third kappa shape index (κ3) is 9.31. The van der Waals surface area contributed by atoms with Gasteiger partial charge in [0.05, 0.1) is 0 Å². The molecule has 0 atom stereocenters. The molecule has 0 aliphatic rings. The second kappa shape index (κ2) is 10.3. The largest absolute Gasteiger partial charge is 0.0988 e. The third-order valence-corrected chi connectivity index (χ3v) is 2.31. The van der Waals surface area contributed by atoms with Crippen LogP contribution >= 0.6 is 0 Å². The summed E-state index contributed by atoms with van der Waals surface area (Å²) in [5.41, 5.74) is 1.10. The standard InChI is InChI=1S/C14H24/c1-4-6-7-8-9-10-11-12-13-14(3)5-2/h5,11-12H,2-4,6-10,13H2,1H3. The average Bonchev–Trinajstić information content (AvgIpc) is 2.21. The van der Waals surface area contributed by atoms with Crippen molar-refractivity contribution in [2.45, 2.75) is 51.9 Å². The van der Waals surface area contributed by atoms with Crippen molar-refractivity contribution in [2.75, 3.05) is 0 Å². The van der Waals surface area contributed by atoms with Gasteiger partial charge in [-0.05, 0) is 19.3 Å². The Hall–Kier alpha value is -0.780. The monoisotopic (exact) mass is 192 g/mol. The lowest BCUT2D eigenvalue weighted by atomic mass is 10.1. The van der Waals surface area contributed by atoms with Crippen LogP contribution in [0.1, 0.15) is 51.9 Å². The molecular formula is C14H24. The van der Waals surface area contributed by atoms with Gasteiger partial charge in [-0.1, -0.05) is 69.6 Å². The van der Waals surface area contributed by atoms with Crippen LogP contribution in [0.15, 0.2) is 37.0 Å². The average molecular weight is 192 g/mol. The molecule has 0 nitrogen and oxygen atoms in total. The lowest BCUT2D eigenvalue weighted by Crippen LogP contribution is -1.76. The lowest BCUT2D eigenvalue weighted by Gasteiger charge is -1.96. The smallest absolute Gasteiger partial charge is 0.0104 e. The first-order valence-electron chi connectivity index (χ1n) is 5.76. The molecule has 0 aromatic carbocycles. The van der Waals surface area contributed by atoms with E-state index in [1.807, 2.05) is 6.08 Å². The zero-order valence-electron chi connectivity index (χ0n) is 9.60. The first kappa shape index (κ1) is 13.2. The molecule has 0 amide bonds. The van der Waals surface area contributed by atoms with E-state index in [4.69, 9.17) is 0 Å². The van der Waals surface area contributed by atoms with Crippen LogP contribution in [0, 0.1) is 0 Å². The Balaban J connectivity index is 3.18. The van der Waals surface area contributed by atoms with Crippen LogP contribution < -0.4 is 0 Å². The molecule has 0 aliphatic carbocycles. The fourth-order valence-electron chi connectivity index (χ4n) is 1.30. The van der Waals surface area contributed by atoms with Crippen molar-refractivity contribution in [1.29, 1.82) is 0 Å². The van der Waals surface area contributed by atoms with Crippen LogP contribution in [0.4, 0.5) is 0 Å². The zero-order chi connectivity index (χ0) is 10.6. The minimum Gasteiger partial charge on any atom is -0.0988 e. The van der Waals surface area contributed by atoms with Crippen LogP contribution in [0.2, 0.25) is 0 Å². The van der Waals surface area contributed by atoms with E-state index >= 15 is 0 Å². The molecule has 0 heterocycles. The summed E-state index contributed by atoms with van der Waals surface area (Å²) >= 11 is 0. The first-order chi connectivity index (χ1) is 6.81. The molecule has 0 aromatic rings. The molecule has 0 saturated heterocycles. The normalized spacial score (nSPS) is 10.6. The molecule has 14 heavy (non-hydrogen) atoms. The van der Waals surface area contributed by atoms with Crippen LogP contribution in [0.3, 0.4) is 0 Å². The van der Waals surface area contributed by atoms with Gasteiger partial charge in [0.15, 0.2) is 0 Å².